The van der Waals surface area contributed by atoms with Crippen molar-refractivity contribution < 1.29 is 9.00 Å². The van der Waals surface area contributed by atoms with E-state index in [2.05, 4.69) is 0 Å². The monoisotopic (exact) mass is 346 g/mol. The van der Waals surface area contributed by atoms with Gasteiger partial charge in [0.2, 0.25) is 0 Å². The predicted octanol–water partition coefficient (Wildman–Crippen LogP) is 4.61. The van der Waals surface area contributed by atoms with E-state index in [0.717, 1.165) is 11.3 Å². The van der Waals surface area contributed by atoms with Gasteiger partial charge < -0.3 is 0 Å². The summed E-state index contributed by atoms with van der Waals surface area (Å²) < 4.78 is 12.3. The molecule has 2 aromatic rings. The first-order valence-corrected chi connectivity index (χ1v) is 8.86. The molecule has 0 saturated carbocycles. The molecular formula is C14H12Cl2O2S2. The fourth-order valence-electron chi connectivity index (χ4n) is 1.68. The Labute approximate surface area is 134 Å². The number of halogens is 2. The summed E-state index contributed by atoms with van der Waals surface area (Å²) in [6.45, 7) is 2.03. The van der Waals surface area contributed by atoms with Crippen LogP contribution in [-0.4, -0.2) is 15.7 Å². The minimum absolute atomic E-state index is 0.104. The van der Waals surface area contributed by atoms with E-state index in [1.807, 2.05) is 13.0 Å². The van der Waals surface area contributed by atoms with Crippen LogP contribution in [0.25, 0.3) is 0 Å². The molecule has 106 valence electrons. The highest BCUT2D eigenvalue weighted by Gasteiger charge is 2.18. The Balaban J connectivity index is 2.17. The summed E-state index contributed by atoms with van der Waals surface area (Å²) in [4.78, 5) is 14.2. The van der Waals surface area contributed by atoms with Crippen LogP contribution < -0.4 is 0 Å². The highest BCUT2D eigenvalue weighted by molar-refractivity contribution is 7.86. The van der Waals surface area contributed by atoms with Crippen LogP contribution in [0.3, 0.4) is 0 Å². The molecule has 0 radical (unpaired) electrons. The zero-order chi connectivity index (χ0) is 14.7. The number of rotatable bonds is 5. The molecule has 0 N–H and O–H groups in total. The molecule has 1 unspecified atom stereocenters. The Hall–Kier alpha value is -0.680. The normalized spacial score (nSPS) is 12.3. The Morgan fingerprint density at radius 1 is 1.20 bits per heavy atom. The summed E-state index contributed by atoms with van der Waals surface area (Å²) in [5.74, 6) is -0.253. The molecule has 1 aromatic heterocycles. The van der Waals surface area contributed by atoms with Crippen molar-refractivity contribution in [1.29, 1.82) is 0 Å². The Kier molecular flexibility index (Phi) is 5.38. The SMILES string of the molecule is CCc1ccc(C(=O)CS(=O)c2c(Cl)cccc2Cl)s1. The van der Waals surface area contributed by atoms with Gasteiger partial charge in [0.15, 0.2) is 5.78 Å². The average molecular weight is 347 g/mol. The lowest BCUT2D eigenvalue weighted by Gasteiger charge is -2.05. The van der Waals surface area contributed by atoms with Crippen LogP contribution >= 0.6 is 34.5 Å². The topological polar surface area (TPSA) is 34.1 Å². The van der Waals surface area contributed by atoms with Crippen LogP contribution in [0.4, 0.5) is 0 Å². The molecule has 1 aromatic carbocycles. The van der Waals surface area contributed by atoms with Gasteiger partial charge in [-0.05, 0) is 30.7 Å². The van der Waals surface area contributed by atoms with E-state index in [0.29, 0.717) is 19.8 Å². The van der Waals surface area contributed by atoms with Crippen LogP contribution in [0.15, 0.2) is 35.2 Å². The van der Waals surface area contributed by atoms with Gasteiger partial charge in [0.1, 0.15) is 0 Å². The molecule has 0 amide bonds. The molecule has 1 heterocycles. The fraction of sp³-hybridized carbons (Fsp3) is 0.214. The third-order valence-corrected chi connectivity index (χ3v) is 6.24. The molecule has 2 rings (SSSR count). The average Bonchev–Trinajstić information content (AvgIpc) is 2.87. The number of carbonyl (C=O) groups excluding carboxylic acids is 1. The Morgan fingerprint density at radius 2 is 1.85 bits per heavy atom. The van der Waals surface area contributed by atoms with E-state index in [1.165, 1.54) is 11.3 Å². The minimum Gasteiger partial charge on any atom is -0.292 e. The van der Waals surface area contributed by atoms with Gasteiger partial charge in [-0.25, -0.2) is 0 Å². The number of benzene rings is 1. The van der Waals surface area contributed by atoms with Gasteiger partial charge in [-0.3, -0.25) is 9.00 Å². The molecule has 0 spiro atoms. The second-order valence-corrected chi connectivity index (χ2v) is 7.45. The van der Waals surface area contributed by atoms with Crippen LogP contribution in [-0.2, 0) is 17.2 Å². The first kappa shape index (κ1) is 15.7. The van der Waals surface area contributed by atoms with Crippen LogP contribution in [0.5, 0.6) is 0 Å². The Bertz CT molecular complexity index is 645. The van der Waals surface area contributed by atoms with Crippen LogP contribution in [0, 0.1) is 0 Å². The van der Waals surface area contributed by atoms with E-state index < -0.39 is 10.8 Å². The van der Waals surface area contributed by atoms with Crippen molar-refractivity contribution >= 4 is 51.1 Å². The van der Waals surface area contributed by atoms with Gasteiger partial charge in [0.05, 0.1) is 36.4 Å². The van der Waals surface area contributed by atoms with E-state index in [4.69, 9.17) is 23.2 Å². The maximum atomic E-state index is 12.3. The van der Waals surface area contributed by atoms with Crippen molar-refractivity contribution in [3.63, 3.8) is 0 Å². The maximum absolute atomic E-state index is 12.3. The Morgan fingerprint density at radius 3 is 2.40 bits per heavy atom. The van der Waals surface area contributed by atoms with E-state index >= 15 is 0 Å². The molecule has 0 saturated heterocycles. The van der Waals surface area contributed by atoms with Crippen molar-refractivity contribution in [1.82, 2.24) is 0 Å². The number of carbonyl (C=O) groups is 1. The van der Waals surface area contributed by atoms with Crippen molar-refractivity contribution in [3.05, 3.63) is 50.1 Å². The molecular weight excluding hydrogens is 335 g/mol. The number of hydrogen-bond donors (Lipinski definition) is 0. The third kappa shape index (κ3) is 3.50. The number of aryl methyl sites for hydroxylation is 1. The van der Waals surface area contributed by atoms with E-state index in [-0.39, 0.29) is 11.5 Å². The highest BCUT2D eigenvalue weighted by Crippen LogP contribution is 2.28. The molecule has 1 atom stereocenters. The highest BCUT2D eigenvalue weighted by atomic mass is 35.5. The summed E-state index contributed by atoms with van der Waals surface area (Å²) in [5.41, 5.74) is 0. The van der Waals surface area contributed by atoms with Crippen LogP contribution in [0.1, 0.15) is 21.5 Å². The quantitative estimate of drug-likeness (QED) is 0.741. The second kappa shape index (κ2) is 6.85. The summed E-state index contributed by atoms with van der Waals surface area (Å²) in [6, 6.07) is 8.61. The zero-order valence-corrected chi connectivity index (χ0v) is 13.8. The molecule has 2 nitrogen and oxygen atoms in total. The van der Waals surface area contributed by atoms with Gasteiger partial charge in [-0.1, -0.05) is 36.2 Å². The smallest absolute Gasteiger partial charge is 0.185 e. The molecule has 0 fully saturated rings. The number of hydrogen-bond acceptors (Lipinski definition) is 3. The fourth-order valence-corrected chi connectivity index (χ4v) is 4.68. The van der Waals surface area contributed by atoms with E-state index in [9.17, 15) is 9.00 Å². The van der Waals surface area contributed by atoms with Gasteiger partial charge >= 0.3 is 0 Å². The van der Waals surface area contributed by atoms with Crippen molar-refractivity contribution in [2.45, 2.75) is 18.2 Å². The van der Waals surface area contributed by atoms with Gasteiger partial charge in [-0.15, -0.1) is 11.3 Å². The van der Waals surface area contributed by atoms with Crippen molar-refractivity contribution in [3.8, 4) is 0 Å². The summed E-state index contributed by atoms with van der Waals surface area (Å²) in [7, 11) is -1.54. The summed E-state index contributed by atoms with van der Waals surface area (Å²) >= 11 is 13.4. The standard InChI is InChI=1S/C14H12Cl2O2S2/c1-2-9-6-7-13(19-9)12(17)8-20(18)14-10(15)4-3-5-11(14)16/h3-7H,2,8H2,1H3. The third-order valence-electron chi connectivity index (χ3n) is 2.69. The molecule has 0 aliphatic heterocycles. The van der Waals surface area contributed by atoms with Crippen molar-refractivity contribution in [2.75, 3.05) is 5.75 Å². The lowest BCUT2D eigenvalue weighted by molar-refractivity contribution is 0.102. The number of thiophene rings is 1. The largest absolute Gasteiger partial charge is 0.292 e. The summed E-state index contributed by atoms with van der Waals surface area (Å²) in [6.07, 6.45) is 0.886. The van der Waals surface area contributed by atoms with Gasteiger partial charge in [0.25, 0.3) is 0 Å². The summed E-state index contributed by atoms with van der Waals surface area (Å²) in [5, 5.41) is 0.646. The minimum atomic E-state index is -1.54. The first-order chi connectivity index (χ1) is 9.52. The van der Waals surface area contributed by atoms with E-state index in [1.54, 1.807) is 24.3 Å². The molecule has 0 aliphatic carbocycles. The van der Waals surface area contributed by atoms with Crippen molar-refractivity contribution in [2.24, 2.45) is 0 Å². The predicted molar refractivity (Wildman–Crippen MR) is 85.8 cm³/mol. The lowest BCUT2D eigenvalue weighted by atomic mass is 10.3. The maximum Gasteiger partial charge on any atom is 0.185 e. The van der Waals surface area contributed by atoms with Crippen LogP contribution in [0.2, 0.25) is 10.0 Å². The first-order valence-electron chi connectivity index (χ1n) is 5.97. The zero-order valence-electron chi connectivity index (χ0n) is 10.7. The van der Waals surface area contributed by atoms with Gasteiger partial charge in [-0.2, -0.15) is 0 Å². The molecule has 0 aliphatic rings. The number of ketones is 1. The lowest BCUT2D eigenvalue weighted by Crippen LogP contribution is -2.10. The molecule has 20 heavy (non-hydrogen) atoms. The molecule has 6 heteroatoms. The second-order valence-electron chi connectivity index (χ2n) is 4.08. The van der Waals surface area contributed by atoms with Gasteiger partial charge in [0, 0.05) is 4.88 Å². The molecule has 0 bridgehead atoms. The number of Topliss-reactive ketones (excluding diaryl/α,β-unsaturated/α-hetero) is 1.